The van der Waals surface area contributed by atoms with Crippen LogP contribution in [0.4, 0.5) is 21.0 Å². The standard InChI is InChI=1S/C23H33N5O4/c29-21(17-5-3-13-28(16-17)23(31)27-11-1-2-12-27)25-18-7-9-19(10-8-18)26-22(30)24-15-20-6-4-14-32-20/h7-10,17,20H,1-6,11-16H2,(H,25,29)(H2,24,26,30)/t17-,20-/m0/s1. The molecule has 32 heavy (non-hydrogen) atoms. The van der Waals surface area contributed by atoms with E-state index < -0.39 is 0 Å². The Labute approximate surface area is 188 Å². The number of rotatable bonds is 5. The first-order valence-corrected chi connectivity index (χ1v) is 11.7. The lowest BCUT2D eigenvalue weighted by Gasteiger charge is -2.34. The van der Waals surface area contributed by atoms with Gasteiger partial charge in [0, 0.05) is 50.7 Å². The molecular formula is C23H33N5O4. The molecule has 3 aliphatic heterocycles. The first-order valence-electron chi connectivity index (χ1n) is 11.7. The van der Waals surface area contributed by atoms with Crippen molar-refractivity contribution >= 4 is 29.3 Å². The normalized spacial score (nSPS) is 23.1. The molecule has 9 nitrogen and oxygen atoms in total. The second kappa shape index (κ2) is 10.7. The first kappa shape index (κ1) is 22.4. The van der Waals surface area contributed by atoms with Gasteiger partial charge in [0.2, 0.25) is 5.91 Å². The summed E-state index contributed by atoms with van der Waals surface area (Å²) in [4.78, 5) is 41.2. The average molecular weight is 444 g/mol. The van der Waals surface area contributed by atoms with Crippen molar-refractivity contribution in [1.82, 2.24) is 15.1 Å². The van der Waals surface area contributed by atoms with Crippen LogP contribution in [0.25, 0.3) is 0 Å². The van der Waals surface area contributed by atoms with Crippen LogP contribution in [-0.2, 0) is 9.53 Å². The summed E-state index contributed by atoms with van der Waals surface area (Å²) in [6.45, 7) is 4.07. The minimum Gasteiger partial charge on any atom is -0.376 e. The Kier molecular flexibility index (Phi) is 7.47. The van der Waals surface area contributed by atoms with Crippen LogP contribution in [0.2, 0.25) is 0 Å². The number of ether oxygens (including phenoxy) is 1. The molecule has 0 bridgehead atoms. The van der Waals surface area contributed by atoms with Gasteiger partial charge in [-0.15, -0.1) is 0 Å². The van der Waals surface area contributed by atoms with Crippen LogP contribution in [0.15, 0.2) is 24.3 Å². The summed E-state index contributed by atoms with van der Waals surface area (Å²) in [6, 6.07) is 6.83. The number of piperidine rings is 1. The van der Waals surface area contributed by atoms with Crippen molar-refractivity contribution < 1.29 is 19.1 Å². The lowest BCUT2D eigenvalue weighted by molar-refractivity contribution is -0.121. The number of carbonyl (C=O) groups is 3. The monoisotopic (exact) mass is 443 g/mol. The minimum absolute atomic E-state index is 0.0631. The molecule has 0 spiro atoms. The van der Waals surface area contributed by atoms with Crippen molar-refractivity contribution in [3.8, 4) is 0 Å². The molecule has 3 heterocycles. The van der Waals surface area contributed by atoms with Crippen molar-refractivity contribution in [2.45, 2.75) is 44.6 Å². The Hall–Kier alpha value is -2.81. The van der Waals surface area contributed by atoms with E-state index in [0.717, 1.165) is 58.2 Å². The van der Waals surface area contributed by atoms with E-state index in [-0.39, 0.29) is 30.0 Å². The Morgan fingerprint density at radius 3 is 2.25 bits per heavy atom. The van der Waals surface area contributed by atoms with Gasteiger partial charge in [0.15, 0.2) is 0 Å². The van der Waals surface area contributed by atoms with E-state index in [1.165, 1.54) is 0 Å². The molecule has 2 atom stereocenters. The maximum Gasteiger partial charge on any atom is 0.320 e. The molecule has 3 N–H and O–H groups in total. The van der Waals surface area contributed by atoms with E-state index in [1.807, 2.05) is 9.80 Å². The van der Waals surface area contributed by atoms with Crippen LogP contribution in [0.5, 0.6) is 0 Å². The molecular weight excluding hydrogens is 410 g/mol. The molecule has 174 valence electrons. The summed E-state index contributed by atoms with van der Waals surface area (Å²) in [5.74, 6) is -0.282. The van der Waals surface area contributed by atoms with Gasteiger partial charge in [0.1, 0.15) is 0 Å². The summed E-state index contributed by atoms with van der Waals surface area (Å²) in [5, 5.41) is 8.55. The summed E-state index contributed by atoms with van der Waals surface area (Å²) < 4.78 is 5.49. The minimum atomic E-state index is -0.276. The largest absolute Gasteiger partial charge is 0.376 e. The Morgan fingerprint density at radius 2 is 1.56 bits per heavy atom. The quantitative estimate of drug-likeness (QED) is 0.651. The van der Waals surface area contributed by atoms with E-state index >= 15 is 0 Å². The fourth-order valence-corrected chi connectivity index (χ4v) is 4.54. The van der Waals surface area contributed by atoms with Gasteiger partial charge in [0.25, 0.3) is 0 Å². The van der Waals surface area contributed by atoms with Gasteiger partial charge in [-0.25, -0.2) is 9.59 Å². The van der Waals surface area contributed by atoms with Gasteiger partial charge in [0.05, 0.1) is 12.0 Å². The smallest absolute Gasteiger partial charge is 0.320 e. The number of anilines is 2. The molecule has 0 radical (unpaired) electrons. The zero-order valence-electron chi connectivity index (χ0n) is 18.5. The highest BCUT2D eigenvalue weighted by atomic mass is 16.5. The molecule has 4 rings (SSSR count). The zero-order valence-corrected chi connectivity index (χ0v) is 18.5. The highest BCUT2D eigenvalue weighted by molar-refractivity contribution is 5.94. The molecule has 3 fully saturated rings. The number of hydrogen-bond acceptors (Lipinski definition) is 4. The van der Waals surface area contributed by atoms with Gasteiger partial charge >= 0.3 is 12.1 Å². The number of carbonyl (C=O) groups excluding carboxylic acids is 3. The van der Waals surface area contributed by atoms with Crippen LogP contribution >= 0.6 is 0 Å². The van der Waals surface area contributed by atoms with Crippen LogP contribution in [0.3, 0.4) is 0 Å². The number of nitrogens with one attached hydrogen (secondary N) is 3. The Morgan fingerprint density at radius 1 is 0.875 bits per heavy atom. The predicted molar refractivity (Wildman–Crippen MR) is 122 cm³/mol. The number of amides is 5. The van der Waals surface area contributed by atoms with Crippen LogP contribution in [0.1, 0.15) is 38.5 Å². The highest BCUT2D eigenvalue weighted by Gasteiger charge is 2.31. The molecule has 5 amide bonds. The van der Waals surface area contributed by atoms with Crippen molar-refractivity contribution in [3.05, 3.63) is 24.3 Å². The maximum absolute atomic E-state index is 12.8. The third-order valence-electron chi connectivity index (χ3n) is 6.36. The fourth-order valence-electron chi connectivity index (χ4n) is 4.54. The molecule has 9 heteroatoms. The van der Waals surface area contributed by atoms with Crippen molar-refractivity contribution in [2.24, 2.45) is 5.92 Å². The van der Waals surface area contributed by atoms with Gasteiger partial charge < -0.3 is 30.5 Å². The molecule has 1 aromatic carbocycles. The van der Waals surface area contributed by atoms with E-state index in [1.54, 1.807) is 24.3 Å². The SMILES string of the molecule is O=C(NC[C@@H]1CCCO1)Nc1ccc(NC(=O)[C@H]2CCCN(C(=O)N3CCCC3)C2)cc1. The van der Waals surface area contributed by atoms with Gasteiger partial charge in [-0.2, -0.15) is 0 Å². The van der Waals surface area contributed by atoms with E-state index in [9.17, 15) is 14.4 Å². The van der Waals surface area contributed by atoms with Crippen LogP contribution in [0, 0.1) is 5.92 Å². The number of hydrogen-bond donors (Lipinski definition) is 3. The second-order valence-electron chi connectivity index (χ2n) is 8.80. The summed E-state index contributed by atoms with van der Waals surface area (Å²) in [5.41, 5.74) is 1.32. The van der Waals surface area contributed by atoms with E-state index in [2.05, 4.69) is 16.0 Å². The molecule has 0 aliphatic carbocycles. The average Bonchev–Trinajstić information content (AvgIpc) is 3.53. The third-order valence-corrected chi connectivity index (χ3v) is 6.36. The maximum atomic E-state index is 12.8. The molecule has 3 saturated heterocycles. The van der Waals surface area contributed by atoms with Gasteiger partial charge in [-0.1, -0.05) is 0 Å². The summed E-state index contributed by atoms with van der Waals surface area (Å²) in [7, 11) is 0. The van der Waals surface area contributed by atoms with Crippen molar-refractivity contribution in [1.29, 1.82) is 0 Å². The Balaban J connectivity index is 1.23. The topological polar surface area (TPSA) is 103 Å². The first-order chi connectivity index (χ1) is 15.6. The molecule has 0 aromatic heterocycles. The number of benzene rings is 1. The summed E-state index contributed by atoms with van der Waals surface area (Å²) in [6.07, 6.45) is 5.84. The molecule has 0 saturated carbocycles. The van der Waals surface area contributed by atoms with Crippen molar-refractivity contribution in [2.75, 3.05) is 50.0 Å². The lowest BCUT2D eigenvalue weighted by Crippen LogP contribution is -2.48. The zero-order chi connectivity index (χ0) is 22.3. The third kappa shape index (κ3) is 5.91. The second-order valence-corrected chi connectivity index (χ2v) is 8.80. The van der Waals surface area contributed by atoms with Gasteiger partial charge in [-0.3, -0.25) is 4.79 Å². The number of likely N-dealkylation sites (tertiary alicyclic amines) is 2. The van der Waals surface area contributed by atoms with Crippen LogP contribution in [-0.4, -0.2) is 73.2 Å². The molecule has 0 unspecified atom stereocenters. The van der Waals surface area contributed by atoms with E-state index in [0.29, 0.717) is 31.0 Å². The van der Waals surface area contributed by atoms with E-state index in [4.69, 9.17) is 4.74 Å². The summed E-state index contributed by atoms with van der Waals surface area (Å²) >= 11 is 0. The molecule has 3 aliphatic rings. The Bertz CT molecular complexity index is 803. The molecule has 1 aromatic rings. The van der Waals surface area contributed by atoms with Gasteiger partial charge in [-0.05, 0) is 62.8 Å². The fraction of sp³-hybridized carbons (Fsp3) is 0.609. The highest BCUT2D eigenvalue weighted by Crippen LogP contribution is 2.22. The number of nitrogens with zero attached hydrogens (tertiary/aromatic N) is 2. The predicted octanol–water partition coefficient (Wildman–Crippen LogP) is 2.85. The van der Waals surface area contributed by atoms with Crippen molar-refractivity contribution in [3.63, 3.8) is 0 Å². The van der Waals surface area contributed by atoms with Crippen LogP contribution < -0.4 is 16.0 Å². The lowest BCUT2D eigenvalue weighted by atomic mass is 9.97. The number of urea groups is 2.